The summed E-state index contributed by atoms with van der Waals surface area (Å²) in [5.41, 5.74) is 3.33. The number of fused-ring (bicyclic) bond motifs is 2. The highest BCUT2D eigenvalue weighted by atomic mass is 19.4. The number of alkyl halides is 3. The van der Waals surface area contributed by atoms with Gasteiger partial charge in [-0.3, -0.25) is 28.0 Å². The van der Waals surface area contributed by atoms with Crippen molar-refractivity contribution in [3.05, 3.63) is 137 Å². The summed E-state index contributed by atoms with van der Waals surface area (Å²) in [6, 6.07) is 22.8. The van der Waals surface area contributed by atoms with Crippen LogP contribution in [0.3, 0.4) is 0 Å². The number of rotatable bonds is 16. The summed E-state index contributed by atoms with van der Waals surface area (Å²) < 4.78 is 48.1. The molecule has 1 aliphatic heterocycles. The van der Waals surface area contributed by atoms with E-state index < -0.39 is 29.4 Å². The molecule has 71 heavy (non-hydrogen) atoms. The van der Waals surface area contributed by atoms with Crippen molar-refractivity contribution in [2.45, 2.75) is 101 Å². The molecule has 4 amide bonds. The summed E-state index contributed by atoms with van der Waals surface area (Å²) in [7, 11) is 0. The number of aromatic hydroxyl groups is 1. The maximum absolute atomic E-state index is 13.3. The Morgan fingerprint density at radius 1 is 0.634 bits per heavy atom. The number of aliphatic hydroxyl groups is 2. The highest BCUT2D eigenvalue weighted by Crippen LogP contribution is 2.41. The first-order valence-corrected chi connectivity index (χ1v) is 23.9. The lowest BCUT2D eigenvalue weighted by Gasteiger charge is -2.38. The van der Waals surface area contributed by atoms with E-state index in [1.807, 2.05) is 12.1 Å². The number of carbonyl (C=O) groups excluding carboxylic acids is 4. The van der Waals surface area contributed by atoms with Crippen LogP contribution in [0.1, 0.15) is 108 Å². The van der Waals surface area contributed by atoms with E-state index in [1.165, 1.54) is 12.1 Å². The molecule has 0 radical (unpaired) electrons. The quantitative estimate of drug-likeness (QED) is 0.0638. The van der Waals surface area contributed by atoms with Crippen molar-refractivity contribution >= 4 is 34.9 Å². The van der Waals surface area contributed by atoms with Crippen LogP contribution >= 0.6 is 0 Å². The van der Waals surface area contributed by atoms with Crippen LogP contribution in [0.4, 0.5) is 13.2 Å². The molecule has 1 saturated heterocycles. The second-order valence-electron chi connectivity index (χ2n) is 18.6. The second kappa shape index (κ2) is 22.9. The average molecular weight is 983 g/mol. The standard InChI is InChI=1S/C27H31F3N4O3.C25H30N4O5/c1-18(35)15-31-24(36)14-21-16-34-22(6-5-7-23(34)33-21)25(37)32-17-26(12-3-2-4-13-26)19-8-10-20(11-9-19)27(28,29)30;1-17(30)14-26-23(32)13-19-15-29-21(3-2-4-22(29)28-19)24(33)27-16-25(9-11-34-12-10-25)18-5-7-20(31)8-6-18/h5-11,16,18,35H,2-4,12-15,17H2,1H3,(H,31,36)(H,32,37);2-8,15,17,30-31H,9-14,16H2,1H3,(H,26,32)(H,27,33). The molecule has 0 bridgehead atoms. The smallest absolute Gasteiger partial charge is 0.416 e. The highest BCUT2D eigenvalue weighted by molar-refractivity contribution is 5.94. The molecule has 5 heterocycles. The normalized spacial score (nSPS) is 16.3. The van der Waals surface area contributed by atoms with Crippen LogP contribution in [-0.4, -0.2) is 109 Å². The Hall–Kier alpha value is -6.83. The maximum atomic E-state index is 13.3. The summed E-state index contributed by atoms with van der Waals surface area (Å²) in [5.74, 6) is -0.892. The Morgan fingerprint density at radius 2 is 1.07 bits per heavy atom. The molecule has 7 N–H and O–H groups in total. The van der Waals surface area contributed by atoms with Gasteiger partial charge in [0.15, 0.2) is 0 Å². The van der Waals surface area contributed by atoms with E-state index in [0.717, 1.165) is 68.2 Å². The summed E-state index contributed by atoms with van der Waals surface area (Å²) in [4.78, 5) is 59.6. The molecule has 16 nitrogen and oxygen atoms in total. The van der Waals surface area contributed by atoms with E-state index in [0.29, 0.717) is 60.4 Å². The highest BCUT2D eigenvalue weighted by Gasteiger charge is 2.37. The second-order valence-corrected chi connectivity index (χ2v) is 18.6. The van der Waals surface area contributed by atoms with E-state index in [1.54, 1.807) is 83.6 Å². The summed E-state index contributed by atoms with van der Waals surface area (Å²) in [6.07, 6.45) is 3.72. The Kier molecular flexibility index (Phi) is 16.8. The van der Waals surface area contributed by atoms with E-state index >= 15 is 0 Å². The molecule has 2 aliphatic rings. The molecule has 2 aromatic carbocycles. The number of benzene rings is 2. The van der Waals surface area contributed by atoms with Gasteiger partial charge in [-0.2, -0.15) is 13.2 Å². The lowest BCUT2D eigenvalue weighted by molar-refractivity contribution is -0.137. The molecule has 378 valence electrons. The molecule has 1 aliphatic carbocycles. The molecular weight excluding hydrogens is 922 g/mol. The van der Waals surface area contributed by atoms with Crippen LogP contribution in [0.5, 0.6) is 5.75 Å². The number of hydrogen-bond acceptors (Lipinski definition) is 10. The van der Waals surface area contributed by atoms with Gasteiger partial charge in [0.25, 0.3) is 11.8 Å². The molecule has 6 aromatic rings. The number of pyridine rings is 2. The molecular formula is C52H61F3N8O8. The minimum atomic E-state index is -4.40. The lowest BCUT2D eigenvalue weighted by atomic mass is 9.69. The minimum absolute atomic E-state index is 0.00644. The van der Waals surface area contributed by atoms with Gasteiger partial charge in [-0.25, -0.2) is 9.97 Å². The fraction of sp³-hybridized carbons (Fsp3) is 0.423. The third kappa shape index (κ3) is 13.3. The number of halogens is 3. The first kappa shape index (κ1) is 52.0. The van der Waals surface area contributed by atoms with E-state index in [-0.39, 0.29) is 60.7 Å². The monoisotopic (exact) mass is 982 g/mol. The van der Waals surface area contributed by atoms with Crippen LogP contribution in [0.25, 0.3) is 11.3 Å². The zero-order chi connectivity index (χ0) is 50.8. The SMILES string of the molecule is CC(O)CNC(=O)Cc1cn2c(C(=O)NCC3(c4ccc(C(F)(F)F)cc4)CCCCC3)cccc2n1.CC(O)CNC(=O)Cc1cn2c(C(=O)NCC3(c4ccc(O)cc4)CCOCC3)cccc2n1. The van der Waals surface area contributed by atoms with Gasteiger partial charge >= 0.3 is 6.18 Å². The van der Waals surface area contributed by atoms with Crippen LogP contribution in [0.2, 0.25) is 0 Å². The van der Waals surface area contributed by atoms with Crippen molar-refractivity contribution in [3.8, 4) is 5.75 Å². The number of phenolic OH excluding ortho intramolecular Hbond substituents is 1. The van der Waals surface area contributed by atoms with Crippen molar-refractivity contribution in [2.75, 3.05) is 39.4 Å². The number of hydrogen-bond donors (Lipinski definition) is 7. The Labute approximate surface area is 409 Å². The number of phenols is 1. The number of amides is 4. The first-order valence-electron chi connectivity index (χ1n) is 23.9. The maximum Gasteiger partial charge on any atom is 0.416 e. The Morgan fingerprint density at radius 3 is 1.51 bits per heavy atom. The number of nitrogens with one attached hydrogen (secondary N) is 4. The lowest BCUT2D eigenvalue weighted by Crippen LogP contribution is -2.44. The summed E-state index contributed by atoms with van der Waals surface area (Å²) >= 11 is 0. The largest absolute Gasteiger partial charge is 0.508 e. The molecule has 2 atom stereocenters. The number of carbonyl (C=O) groups is 4. The summed E-state index contributed by atoms with van der Waals surface area (Å²) in [5, 5.41) is 39.7. The molecule has 8 rings (SSSR count). The molecule has 19 heteroatoms. The first-order chi connectivity index (χ1) is 33.9. The fourth-order valence-electron chi connectivity index (χ4n) is 9.27. The van der Waals surface area contributed by atoms with E-state index in [2.05, 4.69) is 31.2 Å². The van der Waals surface area contributed by atoms with Crippen molar-refractivity contribution in [1.82, 2.24) is 40.0 Å². The zero-order valence-corrected chi connectivity index (χ0v) is 39.8. The number of imidazole rings is 2. The van der Waals surface area contributed by atoms with Gasteiger partial charge in [-0.05, 0) is 99.2 Å². The fourth-order valence-corrected chi connectivity index (χ4v) is 9.27. The van der Waals surface area contributed by atoms with Crippen molar-refractivity contribution in [1.29, 1.82) is 0 Å². The molecule has 0 spiro atoms. The molecule has 1 saturated carbocycles. The van der Waals surface area contributed by atoms with E-state index in [4.69, 9.17) is 4.74 Å². The van der Waals surface area contributed by atoms with Gasteiger partial charge in [0.2, 0.25) is 11.8 Å². The average Bonchev–Trinajstić information content (AvgIpc) is 3.97. The van der Waals surface area contributed by atoms with Crippen LogP contribution in [0, 0.1) is 0 Å². The predicted octanol–water partition coefficient (Wildman–Crippen LogP) is 5.58. The van der Waals surface area contributed by atoms with Gasteiger partial charge in [0.05, 0.1) is 42.0 Å². The van der Waals surface area contributed by atoms with Gasteiger partial charge in [-0.1, -0.05) is 55.7 Å². The predicted molar refractivity (Wildman–Crippen MR) is 258 cm³/mol. The van der Waals surface area contributed by atoms with E-state index in [9.17, 15) is 47.7 Å². The van der Waals surface area contributed by atoms with Crippen LogP contribution in [0.15, 0.2) is 97.3 Å². The number of aliphatic hydroxyl groups excluding tert-OH is 2. The van der Waals surface area contributed by atoms with Gasteiger partial charge in [-0.15, -0.1) is 0 Å². The molecule has 2 unspecified atom stereocenters. The topological polar surface area (TPSA) is 221 Å². The Bertz CT molecular complexity index is 2780. The van der Waals surface area contributed by atoms with Crippen molar-refractivity contribution in [3.63, 3.8) is 0 Å². The molecule has 4 aromatic heterocycles. The number of aromatic nitrogens is 4. The third-order valence-electron chi connectivity index (χ3n) is 13.2. The molecule has 2 fully saturated rings. The minimum Gasteiger partial charge on any atom is -0.508 e. The van der Waals surface area contributed by atoms with Crippen LogP contribution in [-0.2, 0) is 44.2 Å². The van der Waals surface area contributed by atoms with Gasteiger partial charge < -0.3 is 41.3 Å². The number of ether oxygens (including phenoxy) is 1. The van der Waals surface area contributed by atoms with Gasteiger partial charge in [0.1, 0.15) is 28.4 Å². The Balaban J connectivity index is 0.000000209. The zero-order valence-electron chi connectivity index (χ0n) is 39.8. The third-order valence-corrected chi connectivity index (χ3v) is 13.2. The summed E-state index contributed by atoms with van der Waals surface area (Å²) in [6.45, 7) is 5.43. The van der Waals surface area contributed by atoms with Crippen molar-refractivity contribution in [2.24, 2.45) is 0 Å². The number of nitrogens with zero attached hydrogens (tertiary/aromatic N) is 4. The van der Waals surface area contributed by atoms with Crippen molar-refractivity contribution < 1.29 is 52.4 Å². The van der Waals surface area contributed by atoms with Gasteiger partial charge in [0, 0.05) is 62.6 Å². The van der Waals surface area contributed by atoms with Crippen LogP contribution < -0.4 is 21.3 Å².